The molecule has 0 bridgehead atoms. The summed E-state index contributed by atoms with van der Waals surface area (Å²) >= 11 is 0. The molecule has 0 saturated heterocycles. The van der Waals surface area contributed by atoms with Crippen LogP contribution in [0.5, 0.6) is 0 Å². The van der Waals surface area contributed by atoms with Gasteiger partial charge in [0.1, 0.15) is 5.82 Å². The van der Waals surface area contributed by atoms with Crippen molar-refractivity contribution in [1.82, 2.24) is 0 Å². The summed E-state index contributed by atoms with van der Waals surface area (Å²) in [7, 11) is 0. The number of hydrogen-bond acceptors (Lipinski definition) is 1. The zero-order valence-electron chi connectivity index (χ0n) is 10.2. The molecular weight excluding hydrogens is 232 g/mol. The van der Waals surface area contributed by atoms with Gasteiger partial charge in [0.05, 0.1) is 0 Å². The van der Waals surface area contributed by atoms with E-state index in [1.807, 2.05) is 0 Å². The van der Waals surface area contributed by atoms with Crippen LogP contribution in [0, 0.1) is 12.7 Å². The molecule has 2 N–H and O–H groups in total. The van der Waals surface area contributed by atoms with E-state index in [0.717, 1.165) is 5.56 Å². The number of hydrogen-bond donors (Lipinski definition) is 1. The van der Waals surface area contributed by atoms with Crippen molar-refractivity contribution in [2.45, 2.75) is 12.6 Å². The highest BCUT2D eigenvalue weighted by Crippen LogP contribution is 2.34. The van der Waals surface area contributed by atoms with Crippen LogP contribution in [-0.4, -0.2) is 6.54 Å². The summed E-state index contributed by atoms with van der Waals surface area (Å²) in [5.41, 5.74) is 4.73. The maximum Gasteiger partial charge on any atom is 0.175 e. The molecule has 3 heteroatoms. The van der Waals surface area contributed by atoms with Gasteiger partial charge in [0, 0.05) is 12.1 Å². The predicted octanol–water partition coefficient (Wildman–Crippen LogP) is 3.31. The number of alkyl halides is 1. The van der Waals surface area contributed by atoms with Crippen LogP contribution in [-0.2, 0) is 5.67 Å². The summed E-state index contributed by atoms with van der Waals surface area (Å²) in [4.78, 5) is 0. The number of halogens is 2. The second-order valence-corrected chi connectivity index (χ2v) is 4.35. The third kappa shape index (κ3) is 2.14. The molecule has 1 nitrogen and oxygen atoms in total. The molecule has 0 aliphatic heterocycles. The molecule has 0 aliphatic rings. The molecule has 94 valence electrons. The topological polar surface area (TPSA) is 26.0 Å². The smallest absolute Gasteiger partial charge is 0.175 e. The lowest BCUT2D eigenvalue weighted by molar-refractivity contribution is 0.225. The number of aryl methyl sites for hydroxylation is 1. The first-order valence-corrected chi connectivity index (χ1v) is 5.79. The van der Waals surface area contributed by atoms with Gasteiger partial charge in [-0.3, -0.25) is 0 Å². The molecule has 0 saturated carbocycles. The molecule has 0 spiro atoms. The molecule has 0 aromatic heterocycles. The van der Waals surface area contributed by atoms with Gasteiger partial charge in [0.25, 0.3) is 0 Å². The lowest BCUT2D eigenvalue weighted by Crippen LogP contribution is -2.32. The molecule has 0 heterocycles. The molecule has 1 atom stereocenters. The molecule has 0 radical (unpaired) electrons. The molecule has 2 aromatic carbocycles. The molecule has 0 aliphatic carbocycles. The summed E-state index contributed by atoms with van der Waals surface area (Å²) in [6, 6.07) is 12.9. The first-order valence-electron chi connectivity index (χ1n) is 5.79. The second kappa shape index (κ2) is 4.86. The van der Waals surface area contributed by atoms with Gasteiger partial charge in [-0.1, -0.05) is 42.0 Å². The summed E-state index contributed by atoms with van der Waals surface area (Å²) in [6.07, 6.45) is 0. The maximum atomic E-state index is 15.1. The number of nitrogens with two attached hydrogens (primary N) is 1. The van der Waals surface area contributed by atoms with E-state index in [0.29, 0.717) is 5.56 Å². The van der Waals surface area contributed by atoms with Crippen molar-refractivity contribution < 1.29 is 8.78 Å². The van der Waals surface area contributed by atoms with Gasteiger partial charge in [0.15, 0.2) is 5.67 Å². The first kappa shape index (κ1) is 12.7. The maximum absolute atomic E-state index is 15.1. The van der Waals surface area contributed by atoms with Crippen molar-refractivity contribution in [2.75, 3.05) is 6.54 Å². The van der Waals surface area contributed by atoms with E-state index in [4.69, 9.17) is 5.73 Å². The van der Waals surface area contributed by atoms with Crippen LogP contribution in [0.4, 0.5) is 8.78 Å². The SMILES string of the molecule is Cc1ccc(F)c(C(F)(CN)c2ccccc2)c1. The minimum Gasteiger partial charge on any atom is -0.327 e. The molecule has 0 fully saturated rings. The average molecular weight is 247 g/mol. The van der Waals surface area contributed by atoms with Crippen LogP contribution in [0.3, 0.4) is 0 Å². The number of rotatable bonds is 3. The van der Waals surface area contributed by atoms with E-state index in [1.54, 1.807) is 43.3 Å². The molecule has 2 aromatic rings. The second-order valence-electron chi connectivity index (χ2n) is 4.35. The van der Waals surface area contributed by atoms with E-state index in [1.165, 1.54) is 12.1 Å². The fraction of sp³-hybridized carbons (Fsp3) is 0.200. The summed E-state index contributed by atoms with van der Waals surface area (Å²) in [6.45, 7) is 1.50. The van der Waals surface area contributed by atoms with Gasteiger partial charge in [-0.15, -0.1) is 0 Å². The predicted molar refractivity (Wildman–Crippen MR) is 68.5 cm³/mol. The summed E-state index contributed by atoms with van der Waals surface area (Å²) in [5, 5.41) is 0. The zero-order valence-corrected chi connectivity index (χ0v) is 10.2. The zero-order chi connectivity index (χ0) is 13.2. The van der Waals surface area contributed by atoms with Crippen LogP contribution in [0.25, 0.3) is 0 Å². The third-order valence-electron chi connectivity index (χ3n) is 3.06. The fourth-order valence-corrected chi connectivity index (χ4v) is 2.03. The average Bonchev–Trinajstić information content (AvgIpc) is 2.41. The molecule has 18 heavy (non-hydrogen) atoms. The minimum atomic E-state index is -1.99. The Bertz CT molecular complexity index is 539. The Kier molecular flexibility index (Phi) is 3.43. The van der Waals surface area contributed by atoms with Crippen LogP contribution in [0.15, 0.2) is 48.5 Å². The van der Waals surface area contributed by atoms with E-state index >= 15 is 4.39 Å². The van der Waals surface area contributed by atoms with Crippen molar-refractivity contribution in [2.24, 2.45) is 5.73 Å². The normalized spacial score (nSPS) is 14.2. The standard InChI is InChI=1S/C15H15F2N/c1-11-7-8-14(16)13(9-11)15(17,10-18)12-5-3-2-4-6-12/h2-9H,10,18H2,1H3. The Morgan fingerprint density at radius 3 is 2.39 bits per heavy atom. The Hall–Kier alpha value is -1.74. The van der Waals surface area contributed by atoms with Crippen molar-refractivity contribution in [1.29, 1.82) is 0 Å². The van der Waals surface area contributed by atoms with Crippen molar-refractivity contribution in [3.8, 4) is 0 Å². The van der Waals surface area contributed by atoms with Crippen LogP contribution < -0.4 is 5.73 Å². The van der Waals surface area contributed by atoms with Crippen molar-refractivity contribution in [3.05, 3.63) is 71.0 Å². The Morgan fingerprint density at radius 1 is 1.11 bits per heavy atom. The van der Waals surface area contributed by atoms with Gasteiger partial charge in [-0.2, -0.15) is 0 Å². The van der Waals surface area contributed by atoms with Crippen LogP contribution in [0.2, 0.25) is 0 Å². The van der Waals surface area contributed by atoms with Crippen LogP contribution >= 0.6 is 0 Å². The van der Waals surface area contributed by atoms with Gasteiger partial charge < -0.3 is 5.73 Å². The lowest BCUT2D eigenvalue weighted by atomic mass is 9.87. The summed E-state index contributed by atoms with van der Waals surface area (Å²) < 4.78 is 28.9. The van der Waals surface area contributed by atoms with Gasteiger partial charge in [-0.05, 0) is 24.6 Å². The van der Waals surface area contributed by atoms with Crippen LogP contribution in [0.1, 0.15) is 16.7 Å². The summed E-state index contributed by atoms with van der Waals surface area (Å²) in [5.74, 6) is -0.572. The molecule has 1 unspecified atom stereocenters. The van der Waals surface area contributed by atoms with E-state index in [9.17, 15) is 4.39 Å². The van der Waals surface area contributed by atoms with E-state index in [2.05, 4.69) is 0 Å². The van der Waals surface area contributed by atoms with Gasteiger partial charge in [0.2, 0.25) is 0 Å². The Balaban J connectivity index is 2.60. The largest absolute Gasteiger partial charge is 0.327 e. The minimum absolute atomic E-state index is 0.00352. The highest BCUT2D eigenvalue weighted by atomic mass is 19.1. The Morgan fingerprint density at radius 2 is 1.78 bits per heavy atom. The lowest BCUT2D eigenvalue weighted by Gasteiger charge is -2.25. The third-order valence-corrected chi connectivity index (χ3v) is 3.06. The van der Waals surface area contributed by atoms with Gasteiger partial charge in [-0.25, -0.2) is 8.78 Å². The molecule has 0 amide bonds. The Labute approximate surface area is 105 Å². The highest BCUT2D eigenvalue weighted by molar-refractivity contribution is 5.39. The van der Waals surface area contributed by atoms with E-state index in [-0.39, 0.29) is 12.1 Å². The molecule has 2 rings (SSSR count). The first-order chi connectivity index (χ1) is 8.58. The fourth-order valence-electron chi connectivity index (χ4n) is 2.03. The molecular formula is C15H15F2N. The van der Waals surface area contributed by atoms with Crippen molar-refractivity contribution >= 4 is 0 Å². The highest BCUT2D eigenvalue weighted by Gasteiger charge is 2.35. The quantitative estimate of drug-likeness (QED) is 0.884. The van der Waals surface area contributed by atoms with Crippen molar-refractivity contribution in [3.63, 3.8) is 0 Å². The number of benzene rings is 2. The van der Waals surface area contributed by atoms with E-state index < -0.39 is 11.5 Å². The van der Waals surface area contributed by atoms with Gasteiger partial charge >= 0.3 is 0 Å². The monoisotopic (exact) mass is 247 g/mol.